The van der Waals surface area contributed by atoms with Crippen molar-refractivity contribution in [2.75, 3.05) is 12.3 Å². The molecule has 6 heteroatoms. The Morgan fingerprint density at radius 1 is 1.18 bits per heavy atom. The van der Waals surface area contributed by atoms with Gasteiger partial charge in [0, 0.05) is 11.9 Å². The third kappa shape index (κ3) is 5.04. The molecule has 0 saturated heterocycles. The van der Waals surface area contributed by atoms with Gasteiger partial charge in [-0.3, -0.25) is 10.1 Å². The van der Waals surface area contributed by atoms with Gasteiger partial charge in [-0.1, -0.05) is 49.9 Å². The van der Waals surface area contributed by atoms with Crippen LogP contribution in [0.3, 0.4) is 0 Å². The molecule has 22 heavy (non-hydrogen) atoms. The highest BCUT2D eigenvalue weighted by molar-refractivity contribution is 7.99. The van der Waals surface area contributed by atoms with Gasteiger partial charge < -0.3 is 5.32 Å². The van der Waals surface area contributed by atoms with E-state index in [0.717, 1.165) is 15.9 Å². The van der Waals surface area contributed by atoms with Gasteiger partial charge in [0.2, 0.25) is 5.91 Å². The number of hydrogen-bond donors (Lipinski definition) is 2. The molecule has 0 aliphatic rings. The third-order valence-corrected chi connectivity index (χ3v) is 3.78. The van der Waals surface area contributed by atoms with Crippen LogP contribution in [-0.2, 0) is 4.79 Å². The number of nitrogens with one attached hydrogen (secondary N) is 2. The fourth-order valence-electron chi connectivity index (χ4n) is 1.77. The van der Waals surface area contributed by atoms with Gasteiger partial charge >= 0.3 is 6.03 Å². The van der Waals surface area contributed by atoms with Gasteiger partial charge in [0.25, 0.3) is 0 Å². The highest BCUT2D eigenvalue weighted by Crippen LogP contribution is 2.19. The van der Waals surface area contributed by atoms with Gasteiger partial charge in [0.05, 0.1) is 16.3 Å². The molecule has 5 nitrogen and oxygen atoms in total. The highest BCUT2D eigenvalue weighted by atomic mass is 32.2. The maximum Gasteiger partial charge on any atom is 0.321 e. The summed E-state index contributed by atoms with van der Waals surface area (Å²) in [6.07, 6.45) is 0. The van der Waals surface area contributed by atoms with E-state index in [1.807, 2.05) is 50.2 Å². The number of amides is 3. The van der Waals surface area contributed by atoms with Gasteiger partial charge in [0.15, 0.2) is 0 Å². The van der Waals surface area contributed by atoms with Gasteiger partial charge in [-0.15, -0.1) is 0 Å². The number of thioether (sulfide) groups is 1. The zero-order chi connectivity index (χ0) is 15.9. The first-order valence-corrected chi connectivity index (χ1v) is 8.09. The number of hydrogen-bond acceptors (Lipinski definition) is 4. The second-order valence-corrected chi connectivity index (χ2v) is 6.28. The van der Waals surface area contributed by atoms with Crippen molar-refractivity contribution in [2.24, 2.45) is 5.92 Å². The van der Waals surface area contributed by atoms with Crippen LogP contribution in [0.25, 0.3) is 10.9 Å². The van der Waals surface area contributed by atoms with E-state index in [0.29, 0.717) is 12.5 Å². The van der Waals surface area contributed by atoms with Crippen LogP contribution in [-0.4, -0.2) is 29.2 Å². The first-order chi connectivity index (χ1) is 10.5. The molecule has 0 bridgehead atoms. The summed E-state index contributed by atoms with van der Waals surface area (Å²) in [6, 6.07) is 11.2. The molecule has 0 radical (unpaired) electrons. The van der Waals surface area contributed by atoms with Crippen molar-refractivity contribution in [3.05, 3.63) is 36.4 Å². The second kappa shape index (κ2) is 7.79. The predicted molar refractivity (Wildman–Crippen MR) is 88.8 cm³/mol. The van der Waals surface area contributed by atoms with E-state index < -0.39 is 6.03 Å². The minimum Gasteiger partial charge on any atom is -0.338 e. The molecule has 2 aromatic rings. The number of benzene rings is 1. The smallest absolute Gasteiger partial charge is 0.321 e. The van der Waals surface area contributed by atoms with Crippen LogP contribution in [0.2, 0.25) is 0 Å². The van der Waals surface area contributed by atoms with Crippen LogP contribution >= 0.6 is 11.8 Å². The van der Waals surface area contributed by atoms with Gasteiger partial charge in [-0.2, -0.15) is 0 Å². The molecule has 0 saturated carbocycles. The monoisotopic (exact) mass is 317 g/mol. The van der Waals surface area contributed by atoms with Gasteiger partial charge in [-0.05, 0) is 18.1 Å². The quantitative estimate of drug-likeness (QED) is 0.832. The molecule has 0 aliphatic heterocycles. The lowest BCUT2D eigenvalue weighted by Crippen LogP contribution is -2.41. The largest absolute Gasteiger partial charge is 0.338 e. The van der Waals surface area contributed by atoms with Crippen LogP contribution < -0.4 is 10.6 Å². The number of rotatable bonds is 5. The van der Waals surface area contributed by atoms with E-state index in [-0.39, 0.29) is 11.7 Å². The van der Waals surface area contributed by atoms with Crippen molar-refractivity contribution in [1.82, 2.24) is 15.6 Å². The topological polar surface area (TPSA) is 71.1 Å². The lowest BCUT2D eigenvalue weighted by molar-refractivity contribution is -0.117. The number of nitrogens with zero attached hydrogens (tertiary/aromatic N) is 1. The minimum absolute atomic E-state index is 0.153. The van der Waals surface area contributed by atoms with E-state index >= 15 is 0 Å². The standard InChI is InChI=1S/C16H19N3O2S/c1-11(2)9-17-16(21)19-14(20)10-22-15-8-7-12-5-3-4-6-13(12)18-15/h3-8,11H,9-10H2,1-2H3,(H2,17,19,20,21). The molecule has 1 aromatic carbocycles. The summed E-state index contributed by atoms with van der Waals surface area (Å²) in [5, 5.41) is 6.76. The number of pyridine rings is 1. The zero-order valence-electron chi connectivity index (χ0n) is 12.6. The summed E-state index contributed by atoms with van der Waals surface area (Å²) < 4.78 is 0. The Hall–Kier alpha value is -2.08. The van der Waals surface area contributed by atoms with Crippen molar-refractivity contribution in [1.29, 1.82) is 0 Å². The normalized spacial score (nSPS) is 10.7. The molecule has 3 amide bonds. The molecule has 1 aromatic heterocycles. The highest BCUT2D eigenvalue weighted by Gasteiger charge is 2.09. The Labute approximate surface area is 133 Å². The van der Waals surface area contributed by atoms with Gasteiger partial charge in [-0.25, -0.2) is 9.78 Å². The lowest BCUT2D eigenvalue weighted by Gasteiger charge is -2.08. The first kappa shape index (κ1) is 16.3. The van der Waals surface area contributed by atoms with Crippen molar-refractivity contribution in [3.8, 4) is 0 Å². The number of fused-ring (bicyclic) bond motifs is 1. The van der Waals surface area contributed by atoms with Crippen molar-refractivity contribution >= 4 is 34.6 Å². The molecular formula is C16H19N3O2S. The zero-order valence-corrected chi connectivity index (χ0v) is 13.4. The number of urea groups is 1. The summed E-state index contributed by atoms with van der Waals surface area (Å²) in [5.41, 5.74) is 0.891. The van der Waals surface area contributed by atoms with E-state index in [1.165, 1.54) is 11.8 Å². The average molecular weight is 317 g/mol. The molecule has 0 spiro atoms. The molecule has 116 valence electrons. The Morgan fingerprint density at radius 3 is 2.73 bits per heavy atom. The summed E-state index contributed by atoms with van der Waals surface area (Å²) >= 11 is 1.31. The maximum absolute atomic E-state index is 11.7. The Bertz CT molecular complexity index is 673. The maximum atomic E-state index is 11.7. The van der Waals surface area contributed by atoms with Crippen LogP contribution in [0.15, 0.2) is 41.4 Å². The molecule has 0 unspecified atom stereocenters. The molecule has 1 heterocycles. The van der Waals surface area contributed by atoms with E-state index in [1.54, 1.807) is 0 Å². The number of aromatic nitrogens is 1. The summed E-state index contributed by atoms with van der Waals surface area (Å²) in [7, 11) is 0. The van der Waals surface area contributed by atoms with Crippen molar-refractivity contribution in [2.45, 2.75) is 18.9 Å². The molecule has 2 rings (SSSR count). The van der Waals surface area contributed by atoms with Crippen molar-refractivity contribution < 1.29 is 9.59 Å². The lowest BCUT2D eigenvalue weighted by atomic mass is 10.2. The summed E-state index contributed by atoms with van der Waals surface area (Å²) in [4.78, 5) is 27.7. The Balaban J connectivity index is 1.83. The van der Waals surface area contributed by atoms with E-state index in [4.69, 9.17) is 0 Å². The number of carbonyl (C=O) groups excluding carboxylic acids is 2. The number of para-hydroxylation sites is 1. The minimum atomic E-state index is -0.453. The first-order valence-electron chi connectivity index (χ1n) is 7.11. The molecule has 0 atom stereocenters. The van der Waals surface area contributed by atoms with Crippen molar-refractivity contribution in [3.63, 3.8) is 0 Å². The SMILES string of the molecule is CC(C)CNC(=O)NC(=O)CSc1ccc2ccccc2n1. The third-order valence-electron chi connectivity index (χ3n) is 2.85. The Kier molecular flexibility index (Phi) is 5.77. The molecule has 0 aliphatic carbocycles. The summed E-state index contributed by atoms with van der Waals surface area (Å²) in [6.45, 7) is 4.52. The molecular weight excluding hydrogens is 298 g/mol. The second-order valence-electron chi connectivity index (χ2n) is 5.28. The fraction of sp³-hybridized carbons (Fsp3) is 0.312. The average Bonchev–Trinajstić information content (AvgIpc) is 2.50. The van der Waals surface area contributed by atoms with Crippen LogP contribution in [0, 0.1) is 5.92 Å². The molecule has 0 fully saturated rings. The van der Waals surface area contributed by atoms with Crippen LogP contribution in [0.4, 0.5) is 4.79 Å². The van der Waals surface area contributed by atoms with Crippen LogP contribution in [0.1, 0.15) is 13.8 Å². The number of carbonyl (C=O) groups is 2. The fourth-order valence-corrected chi connectivity index (χ4v) is 2.45. The number of imide groups is 1. The Morgan fingerprint density at radius 2 is 1.95 bits per heavy atom. The van der Waals surface area contributed by atoms with E-state index in [2.05, 4.69) is 15.6 Å². The predicted octanol–water partition coefficient (Wildman–Crippen LogP) is 2.81. The van der Waals surface area contributed by atoms with E-state index in [9.17, 15) is 9.59 Å². The summed E-state index contributed by atoms with van der Waals surface area (Å²) in [5.74, 6) is 0.165. The van der Waals surface area contributed by atoms with Gasteiger partial charge in [0.1, 0.15) is 0 Å². The molecule has 2 N–H and O–H groups in total. The van der Waals surface area contributed by atoms with Crippen LogP contribution in [0.5, 0.6) is 0 Å².